The molecular formula is C6H10N2O2. The summed E-state index contributed by atoms with van der Waals surface area (Å²) in [6.07, 6.45) is -0.806. The summed E-state index contributed by atoms with van der Waals surface area (Å²) in [7, 11) is 0. The summed E-state index contributed by atoms with van der Waals surface area (Å²) in [5.74, 6) is 0.937. The molecule has 2 fully saturated rings. The number of rotatable bonds is 0. The molecule has 3 N–H and O–H groups in total. The molecule has 1 aliphatic heterocycles. The molecule has 10 heavy (non-hydrogen) atoms. The monoisotopic (exact) mass is 142 g/mol. The summed E-state index contributed by atoms with van der Waals surface area (Å²) in [6.45, 7) is 1.31. The maximum atomic E-state index is 10.4. The minimum atomic E-state index is -0.806. The van der Waals surface area contributed by atoms with Crippen LogP contribution in [0, 0.1) is 11.8 Å². The number of amides is 1. The van der Waals surface area contributed by atoms with Crippen molar-refractivity contribution in [3.05, 3.63) is 0 Å². The van der Waals surface area contributed by atoms with Crippen LogP contribution in [-0.2, 0) is 0 Å². The van der Waals surface area contributed by atoms with Crippen molar-refractivity contribution in [1.82, 2.24) is 4.90 Å². The summed E-state index contributed by atoms with van der Waals surface area (Å²) >= 11 is 0. The minimum absolute atomic E-state index is 0.288. The van der Waals surface area contributed by atoms with Crippen molar-refractivity contribution in [2.75, 3.05) is 13.1 Å². The van der Waals surface area contributed by atoms with Gasteiger partial charge in [0, 0.05) is 19.1 Å². The van der Waals surface area contributed by atoms with E-state index in [0.717, 1.165) is 0 Å². The highest BCUT2D eigenvalue weighted by Gasteiger charge is 2.54. The Morgan fingerprint density at radius 2 is 2.00 bits per heavy atom. The largest absolute Gasteiger partial charge is 0.465 e. The highest BCUT2D eigenvalue weighted by Crippen LogP contribution is 2.43. The summed E-state index contributed by atoms with van der Waals surface area (Å²) in [5, 5.41) is 8.52. The molecule has 0 aromatic heterocycles. The molecule has 2 aliphatic rings. The lowest BCUT2D eigenvalue weighted by Gasteiger charge is -2.13. The van der Waals surface area contributed by atoms with Gasteiger partial charge in [0.2, 0.25) is 0 Å². The normalized spacial score (nSPS) is 43.3. The Labute approximate surface area is 58.6 Å². The summed E-state index contributed by atoms with van der Waals surface area (Å²) in [4.78, 5) is 11.8. The Hall–Kier alpha value is -0.770. The Morgan fingerprint density at radius 3 is 2.40 bits per heavy atom. The second-order valence-electron chi connectivity index (χ2n) is 3.09. The van der Waals surface area contributed by atoms with Crippen LogP contribution in [0.5, 0.6) is 0 Å². The van der Waals surface area contributed by atoms with Gasteiger partial charge in [-0.25, -0.2) is 4.79 Å². The fourth-order valence-electron chi connectivity index (χ4n) is 1.73. The average molecular weight is 142 g/mol. The van der Waals surface area contributed by atoms with Gasteiger partial charge < -0.3 is 15.7 Å². The van der Waals surface area contributed by atoms with Crippen LogP contribution in [0.15, 0.2) is 0 Å². The van der Waals surface area contributed by atoms with E-state index >= 15 is 0 Å². The van der Waals surface area contributed by atoms with E-state index in [9.17, 15) is 4.79 Å². The topological polar surface area (TPSA) is 66.6 Å². The summed E-state index contributed by atoms with van der Waals surface area (Å²) in [6, 6.07) is 0.288. The summed E-state index contributed by atoms with van der Waals surface area (Å²) in [5.41, 5.74) is 5.61. The molecule has 0 radical (unpaired) electrons. The van der Waals surface area contributed by atoms with Crippen molar-refractivity contribution in [2.45, 2.75) is 6.04 Å². The van der Waals surface area contributed by atoms with Gasteiger partial charge in [0.25, 0.3) is 0 Å². The first kappa shape index (κ1) is 5.97. The van der Waals surface area contributed by atoms with Gasteiger partial charge in [-0.2, -0.15) is 0 Å². The zero-order chi connectivity index (χ0) is 7.30. The molecule has 2 rings (SSSR count). The quantitative estimate of drug-likeness (QED) is 0.481. The lowest BCUT2D eigenvalue weighted by Crippen LogP contribution is -2.32. The molecule has 4 nitrogen and oxygen atoms in total. The highest BCUT2D eigenvalue weighted by molar-refractivity contribution is 5.65. The molecule has 1 aliphatic carbocycles. The van der Waals surface area contributed by atoms with Gasteiger partial charge in [0.1, 0.15) is 0 Å². The molecule has 1 amide bonds. The maximum Gasteiger partial charge on any atom is 0.407 e. The number of carboxylic acid groups (broad SMARTS) is 1. The molecule has 1 heterocycles. The predicted octanol–water partition coefficient (Wildman–Crippen LogP) is -0.447. The number of fused-ring (bicyclic) bond motifs is 1. The number of piperidine rings is 1. The summed E-state index contributed by atoms with van der Waals surface area (Å²) < 4.78 is 0. The number of nitrogens with two attached hydrogens (primary N) is 1. The van der Waals surface area contributed by atoms with Crippen molar-refractivity contribution in [3.8, 4) is 0 Å². The van der Waals surface area contributed by atoms with Crippen molar-refractivity contribution >= 4 is 6.09 Å². The van der Waals surface area contributed by atoms with E-state index in [0.29, 0.717) is 24.9 Å². The third-order valence-electron chi connectivity index (χ3n) is 2.53. The molecule has 0 aromatic carbocycles. The van der Waals surface area contributed by atoms with Gasteiger partial charge in [-0.15, -0.1) is 0 Å². The van der Waals surface area contributed by atoms with Crippen LogP contribution in [-0.4, -0.2) is 35.2 Å². The third kappa shape index (κ3) is 0.623. The smallest absolute Gasteiger partial charge is 0.407 e. The van der Waals surface area contributed by atoms with E-state index in [1.54, 1.807) is 0 Å². The van der Waals surface area contributed by atoms with Crippen LogP contribution in [0.4, 0.5) is 4.79 Å². The van der Waals surface area contributed by atoms with E-state index < -0.39 is 6.09 Å². The Morgan fingerprint density at radius 1 is 1.50 bits per heavy atom. The second-order valence-corrected chi connectivity index (χ2v) is 3.09. The lowest BCUT2D eigenvalue weighted by molar-refractivity contribution is 0.150. The third-order valence-corrected chi connectivity index (χ3v) is 2.53. The zero-order valence-electron chi connectivity index (χ0n) is 5.53. The molecule has 0 spiro atoms. The Balaban J connectivity index is 1.95. The fraction of sp³-hybridized carbons (Fsp3) is 0.833. The van der Waals surface area contributed by atoms with Crippen molar-refractivity contribution in [3.63, 3.8) is 0 Å². The molecule has 4 heteroatoms. The van der Waals surface area contributed by atoms with Gasteiger partial charge in [-0.3, -0.25) is 0 Å². The molecule has 56 valence electrons. The first-order valence-electron chi connectivity index (χ1n) is 3.43. The van der Waals surface area contributed by atoms with E-state index in [1.807, 2.05) is 0 Å². The first-order valence-corrected chi connectivity index (χ1v) is 3.43. The Kier molecular flexibility index (Phi) is 0.976. The number of hydrogen-bond donors (Lipinski definition) is 2. The van der Waals surface area contributed by atoms with Crippen LogP contribution >= 0.6 is 0 Å². The molecular weight excluding hydrogens is 132 g/mol. The van der Waals surface area contributed by atoms with E-state index in [2.05, 4.69) is 0 Å². The van der Waals surface area contributed by atoms with Crippen molar-refractivity contribution in [1.29, 1.82) is 0 Å². The predicted molar refractivity (Wildman–Crippen MR) is 34.6 cm³/mol. The highest BCUT2D eigenvalue weighted by atomic mass is 16.4. The van der Waals surface area contributed by atoms with Crippen LogP contribution in [0.2, 0.25) is 0 Å². The van der Waals surface area contributed by atoms with Crippen LogP contribution < -0.4 is 5.73 Å². The van der Waals surface area contributed by atoms with Gasteiger partial charge in [0.15, 0.2) is 0 Å². The number of likely N-dealkylation sites (tertiary alicyclic amines) is 1. The van der Waals surface area contributed by atoms with Crippen LogP contribution in [0.25, 0.3) is 0 Å². The van der Waals surface area contributed by atoms with E-state index in [1.165, 1.54) is 4.90 Å². The SMILES string of the molecule is NC1C2CN(C(=O)O)C[C@@H]12. The van der Waals surface area contributed by atoms with E-state index in [-0.39, 0.29) is 6.04 Å². The van der Waals surface area contributed by atoms with Crippen molar-refractivity contribution < 1.29 is 9.90 Å². The Bertz CT molecular complexity index is 171. The minimum Gasteiger partial charge on any atom is -0.465 e. The molecule has 0 aromatic rings. The zero-order valence-corrected chi connectivity index (χ0v) is 5.53. The van der Waals surface area contributed by atoms with E-state index in [4.69, 9.17) is 10.8 Å². The molecule has 1 saturated carbocycles. The van der Waals surface area contributed by atoms with Gasteiger partial charge in [-0.05, 0) is 11.8 Å². The standard InChI is InChI=1S/C6H10N2O2/c7-5-3-1-8(6(9)10)2-4(3)5/h3-5H,1-2,7H2,(H,9,10)/t3-,4?,5?/m1/s1. The van der Waals surface area contributed by atoms with Crippen LogP contribution in [0.3, 0.4) is 0 Å². The fourth-order valence-corrected chi connectivity index (χ4v) is 1.73. The van der Waals surface area contributed by atoms with Crippen LogP contribution in [0.1, 0.15) is 0 Å². The van der Waals surface area contributed by atoms with Gasteiger partial charge in [0.05, 0.1) is 0 Å². The maximum absolute atomic E-state index is 10.4. The molecule has 1 saturated heterocycles. The molecule has 0 bridgehead atoms. The lowest BCUT2D eigenvalue weighted by atomic mass is 10.4. The van der Waals surface area contributed by atoms with Gasteiger partial charge in [-0.1, -0.05) is 0 Å². The van der Waals surface area contributed by atoms with Gasteiger partial charge >= 0.3 is 6.09 Å². The van der Waals surface area contributed by atoms with Crippen molar-refractivity contribution in [2.24, 2.45) is 17.6 Å². The number of nitrogens with zero attached hydrogens (tertiary/aromatic N) is 1. The first-order chi connectivity index (χ1) is 4.70. The second kappa shape index (κ2) is 1.63. The number of carbonyl (C=O) groups is 1. The molecule has 2 unspecified atom stereocenters. The number of hydrogen-bond acceptors (Lipinski definition) is 2. The average Bonchev–Trinajstić information content (AvgIpc) is 2.38. The molecule has 3 atom stereocenters.